The first-order valence-corrected chi connectivity index (χ1v) is 12.9. The molecular formula is C16H20Br2F2N2O5S2. The third kappa shape index (κ3) is 17.4. The van der Waals surface area contributed by atoms with Crippen LogP contribution < -0.4 is 14.6 Å². The fourth-order valence-corrected chi connectivity index (χ4v) is 2.96. The van der Waals surface area contributed by atoms with E-state index < -0.39 is 25.9 Å². The Morgan fingerprint density at radius 1 is 0.931 bits per heavy atom. The van der Waals surface area contributed by atoms with E-state index in [1.54, 1.807) is 12.1 Å². The summed E-state index contributed by atoms with van der Waals surface area (Å²) in [4.78, 5) is 0. The quantitative estimate of drug-likeness (QED) is 0.575. The van der Waals surface area contributed by atoms with Crippen molar-refractivity contribution in [1.82, 2.24) is 4.72 Å². The first kappa shape index (κ1) is 27.9. The number of hydrogen-bond acceptors (Lipinski definition) is 5. The molecule has 0 aliphatic heterocycles. The van der Waals surface area contributed by atoms with Gasteiger partial charge in [-0.15, -0.1) is 0 Å². The second-order valence-electron chi connectivity index (χ2n) is 5.51. The lowest BCUT2D eigenvalue weighted by Crippen LogP contribution is -2.21. The first-order chi connectivity index (χ1) is 13.1. The molecule has 2 aromatic rings. The summed E-state index contributed by atoms with van der Waals surface area (Å²) in [5.41, 5.74) is 0.572. The molecule has 2 aromatic carbocycles. The van der Waals surface area contributed by atoms with Crippen LogP contribution in [-0.4, -0.2) is 36.5 Å². The van der Waals surface area contributed by atoms with Crippen molar-refractivity contribution in [2.45, 2.75) is 6.54 Å². The Hall–Kier alpha value is -1.12. The normalized spacial score (nSPS) is 10.9. The van der Waals surface area contributed by atoms with E-state index in [-0.39, 0.29) is 12.4 Å². The molecule has 0 saturated heterocycles. The lowest BCUT2D eigenvalue weighted by molar-refractivity contribution is 0.411. The molecule has 0 radical (unpaired) electrons. The van der Waals surface area contributed by atoms with Gasteiger partial charge in [0, 0.05) is 21.6 Å². The molecule has 0 aliphatic rings. The Morgan fingerprint density at radius 3 is 1.76 bits per heavy atom. The van der Waals surface area contributed by atoms with E-state index >= 15 is 0 Å². The van der Waals surface area contributed by atoms with Gasteiger partial charge in [-0.2, -0.15) is 0 Å². The SMILES string of the molecule is COc1cc(F)cc(Br)c1.CS(=O)(=O)NCc1cc(F)cc(Br)c1.CS(N)(=O)=O. The average Bonchev–Trinajstić information content (AvgIpc) is 2.49. The Balaban J connectivity index is 0.000000455. The Kier molecular flexibility index (Phi) is 12.1. The van der Waals surface area contributed by atoms with Crippen molar-refractivity contribution >= 4 is 51.9 Å². The van der Waals surface area contributed by atoms with Crippen molar-refractivity contribution in [3.8, 4) is 5.75 Å². The van der Waals surface area contributed by atoms with Gasteiger partial charge in [0.05, 0.1) is 19.6 Å². The molecule has 0 aliphatic carbocycles. The predicted octanol–water partition coefficient (Wildman–Crippen LogP) is 3.14. The van der Waals surface area contributed by atoms with Gasteiger partial charge >= 0.3 is 0 Å². The number of nitrogens with one attached hydrogen (secondary N) is 1. The molecule has 29 heavy (non-hydrogen) atoms. The maximum atomic E-state index is 12.8. The van der Waals surface area contributed by atoms with Crippen LogP contribution in [0.3, 0.4) is 0 Å². The van der Waals surface area contributed by atoms with Crippen LogP contribution in [0.25, 0.3) is 0 Å². The lowest BCUT2D eigenvalue weighted by Gasteiger charge is -2.03. The van der Waals surface area contributed by atoms with Gasteiger partial charge in [0.15, 0.2) is 0 Å². The maximum Gasteiger partial charge on any atom is 0.209 e. The van der Waals surface area contributed by atoms with Gasteiger partial charge in [0.1, 0.15) is 17.4 Å². The second-order valence-corrected chi connectivity index (χ2v) is 10.8. The van der Waals surface area contributed by atoms with Gasteiger partial charge in [-0.05, 0) is 35.9 Å². The number of ether oxygens (including phenoxy) is 1. The summed E-state index contributed by atoms with van der Waals surface area (Å²) in [5.74, 6) is -0.178. The lowest BCUT2D eigenvalue weighted by atomic mass is 10.2. The summed E-state index contributed by atoms with van der Waals surface area (Å²) in [5, 5.41) is 4.33. The Labute approximate surface area is 186 Å². The maximum absolute atomic E-state index is 12.8. The van der Waals surface area contributed by atoms with E-state index in [4.69, 9.17) is 4.74 Å². The molecule has 0 bridgehead atoms. The molecule has 0 aromatic heterocycles. The van der Waals surface area contributed by atoms with Crippen molar-refractivity contribution in [3.05, 3.63) is 62.5 Å². The van der Waals surface area contributed by atoms with E-state index in [0.29, 0.717) is 20.3 Å². The minimum atomic E-state index is -3.24. The number of methoxy groups -OCH3 is 1. The molecule has 0 heterocycles. The van der Waals surface area contributed by atoms with Crippen molar-refractivity contribution in [2.75, 3.05) is 19.6 Å². The van der Waals surface area contributed by atoms with Crippen LogP contribution in [0.15, 0.2) is 45.3 Å². The van der Waals surface area contributed by atoms with Gasteiger partial charge in [-0.25, -0.2) is 35.5 Å². The van der Waals surface area contributed by atoms with Crippen molar-refractivity contribution in [1.29, 1.82) is 0 Å². The van der Waals surface area contributed by atoms with E-state index in [1.165, 1.54) is 31.4 Å². The summed E-state index contributed by atoms with van der Waals surface area (Å²) < 4.78 is 74.0. The van der Waals surface area contributed by atoms with Crippen LogP contribution in [0.4, 0.5) is 8.78 Å². The third-order valence-corrected chi connectivity index (χ3v) is 4.12. The van der Waals surface area contributed by atoms with E-state index in [0.717, 1.165) is 12.5 Å². The fourth-order valence-electron chi connectivity index (χ4n) is 1.57. The topological polar surface area (TPSA) is 116 Å². The summed E-state index contributed by atoms with van der Waals surface area (Å²) in [6.07, 6.45) is 1.99. The molecule has 0 spiro atoms. The van der Waals surface area contributed by atoms with Gasteiger partial charge in [-0.1, -0.05) is 31.9 Å². The molecule has 164 valence electrons. The highest BCUT2D eigenvalue weighted by Gasteiger charge is 2.03. The summed E-state index contributed by atoms with van der Waals surface area (Å²) in [6.45, 7) is 0.0925. The van der Waals surface area contributed by atoms with Crippen LogP contribution in [0.1, 0.15) is 5.56 Å². The highest BCUT2D eigenvalue weighted by molar-refractivity contribution is 9.10. The first-order valence-electron chi connectivity index (χ1n) is 7.46. The number of primary sulfonamides is 1. The zero-order valence-corrected chi connectivity index (χ0v) is 20.4. The zero-order valence-electron chi connectivity index (χ0n) is 15.6. The number of halogens is 4. The minimum absolute atomic E-state index is 0.0925. The molecule has 0 saturated carbocycles. The molecule has 7 nitrogen and oxygen atoms in total. The zero-order chi connectivity index (χ0) is 22.8. The van der Waals surface area contributed by atoms with Gasteiger partial charge < -0.3 is 4.74 Å². The minimum Gasteiger partial charge on any atom is -0.497 e. The summed E-state index contributed by atoms with van der Waals surface area (Å²) >= 11 is 6.25. The van der Waals surface area contributed by atoms with Gasteiger partial charge in [0.25, 0.3) is 0 Å². The fraction of sp³-hybridized carbons (Fsp3) is 0.250. The van der Waals surface area contributed by atoms with Gasteiger partial charge in [-0.3, -0.25) is 0 Å². The molecule has 0 amide bonds. The summed E-state index contributed by atoms with van der Waals surface area (Å²) in [7, 11) is -4.90. The number of rotatable bonds is 4. The molecule has 2 rings (SSSR count). The standard InChI is InChI=1S/C8H9BrFNO2S.C7H6BrFO.CH5NO2S/c1-14(12,13)11-5-6-2-7(9)4-8(10)3-6;1-10-7-3-5(8)2-6(9)4-7;1-5(2,3)4/h2-4,11H,5H2,1H3;2-4H,1H3;1H3,(H2,2,3,4). The molecular weight excluding hydrogens is 562 g/mol. The second kappa shape index (κ2) is 12.5. The van der Waals surface area contributed by atoms with Crippen LogP contribution in [0, 0.1) is 11.6 Å². The van der Waals surface area contributed by atoms with Crippen LogP contribution >= 0.6 is 31.9 Å². The van der Waals surface area contributed by atoms with E-state index in [1.807, 2.05) is 0 Å². The number of benzene rings is 2. The average molecular weight is 582 g/mol. The van der Waals surface area contributed by atoms with E-state index in [9.17, 15) is 25.6 Å². The summed E-state index contributed by atoms with van der Waals surface area (Å²) in [6, 6.07) is 8.64. The monoisotopic (exact) mass is 580 g/mol. The highest BCUT2D eigenvalue weighted by atomic mass is 79.9. The highest BCUT2D eigenvalue weighted by Crippen LogP contribution is 2.19. The molecule has 3 N–H and O–H groups in total. The molecule has 13 heteroatoms. The largest absolute Gasteiger partial charge is 0.497 e. The molecule has 0 fully saturated rings. The van der Waals surface area contributed by atoms with E-state index in [2.05, 4.69) is 41.7 Å². The number of sulfonamides is 2. The van der Waals surface area contributed by atoms with Crippen LogP contribution in [0.5, 0.6) is 5.75 Å². The molecule has 0 unspecified atom stereocenters. The number of hydrogen-bond donors (Lipinski definition) is 2. The number of nitrogens with two attached hydrogens (primary N) is 1. The van der Waals surface area contributed by atoms with Crippen molar-refractivity contribution in [3.63, 3.8) is 0 Å². The van der Waals surface area contributed by atoms with Crippen LogP contribution in [-0.2, 0) is 26.6 Å². The smallest absolute Gasteiger partial charge is 0.209 e. The molecule has 0 atom stereocenters. The Morgan fingerprint density at radius 2 is 1.38 bits per heavy atom. The third-order valence-electron chi connectivity index (χ3n) is 2.53. The van der Waals surface area contributed by atoms with Gasteiger partial charge in [0.2, 0.25) is 20.0 Å². The predicted molar refractivity (Wildman–Crippen MR) is 115 cm³/mol. The van der Waals surface area contributed by atoms with Crippen LogP contribution in [0.2, 0.25) is 0 Å². The van der Waals surface area contributed by atoms with Crippen molar-refractivity contribution in [2.24, 2.45) is 5.14 Å². The van der Waals surface area contributed by atoms with Crippen molar-refractivity contribution < 1.29 is 30.4 Å². The Bertz CT molecular complexity index is 971.